The standard InChI is InChI=1S/C12H23NO10S/c14-1-3-5(16)6(17)9(20)12(22-3)23-10-4(2-15)21-11(13-24)8(19)7(10)18/h3-20,24H,1-2H2. The summed E-state index contributed by atoms with van der Waals surface area (Å²) >= 11 is 3.74. The van der Waals surface area contributed by atoms with Gasteiger partial charge >= 0.3 is 0 Å². The van der Waals surface area contributed by atoms with Crippen molar-refractivity contribution in [3.05, 3.63) is 0 Å². The highest BCUT2D eigenvalue weighted by atomic mass is 32.1. The summed E-state index contributed by atoms with van der Waals surface area (Å²) in [5.41, 5.74) is 0. The van der Waals surface area contributed by atoms with E-state index in [2.05, 4.69) is 17.5 Å². The first-order valence-electron chi connectivity index (χ1n) is 7.33. The van der Waals surface area contributed by atoms with Gasteiger partial charge in [-0.05, 0) is 0 Å². The van der Waals surface area contributed by atoms with Crippen molar-refractivity contribution in [3.63, 3.8) is 0 Å². The molecule has 0 aromatic heterocycles. The van der Waals surface area contributed by atoms with Crippen LogP contribution < -0.4 is 4.72 Å². The molecule has 2 heterocycles. The average Bonchev–Trinajstić information content (AvgIpc) is 2.59. The molecule has 0 amide bonds. The number of hydrogen-bond donors (Lipinski definition) is 9. The summed E-state index contributed by atoms with van der Waals surface area (Å²) in [5, 5.41) is 68.0. The van der Waals surface area contributed by atoms with Crippen molar-refractivity contribution in [2.75, 3.05) is 13.2 Å². The molecule has 0 radical (unpaired) electrons. The normalized spacial score (nSPS) is 50.0. The van der Waals surface area contributed by atoms with Crippen molar-refractivity contribution in [1.82, 2.24) is 4.72 Å². The van der Waals surface area contributed by atoms with E-state index in [-0.39, 0.29) is 0 Å². The molecule has 10 unspecified atom stereocenters. The Hall–Kier alpha value is -0.0900. The number of thiol groups is 1. The summed E-state index contributed by atoms with van der Waals surface area (Å²) in [6.07, 6.45) is -14.1. The average molecular weight is 373 g/mol. The molecular weight excluding hydrogens is 350 g/mol. The molecule has 0 aliphatic carbocycles. The summed E-state index contributed by atoms with van der Waals surface area (Å²) in [6, 6.07) is 0. The molecule has 8 N–H and O–H groups in total. The topological polar surface area (TPSA) is 181 Å². The minimum absolute atomic E-state index is 0.585. The smallest absolute Gasteiger partial charge is 0.187 e. The molecule has 2 saturated heterocycles. The molecule has 24 heavy (non-hydrogen) atoms. The van der Waals surface area contributed by atoms with Crippen LogP contribution in [0, 0.1) is 0 Å². The van der Waals surface area contributed by atoms with Crippen LogP contribution in [0.3, 0.4) is 0 Å². The zero-order valence-electron chi connectivity index (χ0n) is 12.5. The van der Waals surface area contributed by atoms with Crippen LogP contribution in [0.5, 0.6) is 0 Å². The van der Waals surface area contributed by atoms with Gasteiger partial charge in [-0.2, -0.15) is 0 Å². The lowest BCUT2D eigenvalue weighted by atomic mass is 9.96. The maximum absolute atomic E-state index is 10.2. The summed E-state index contributed by atoms with van der Waals surface area (Å²) in [6.45, 7) is -1.23. The van der Waals surface area contributed by atoms with Gasteiger partial charge in [0.25, 0.3) is 0 Å². The fraction of sp³-hybridized carbons (Fsp3) is 1.00. The molecule has 0 saturated carbocycles. The van der Waals surface area contributed by atoms with E-state index in [1.807, 2.05) is 0 Å². The Morgan fingerprint density at radius 3 is 1.96 bits per heavy atom. The quantitative estimate of drug-likeness (QED) is 0.211. The van der Waals surface area contributed by atoms with Crippen molar-refractivity contribution in [3.8, 4) is 0 Å². The molecule has 0 spiro atoms. The Balaban J connectivity index is 2.12. The third-order valence-corrected chi connectivity index (χ3v) is 4.39. The third kappa shape index (κ3) is 3.85. The van der Waals surface area contributed by atoms with Gasteiger partial charge in [0.2, 0.25) is 0 Å². The summed E-state index contributed by atoms with van der Waals surface area (Å²) in [7, 11) is 0. The lowest BCUT2D eigenvalue weighted by Gasteiger charge is -2.45. The van der Waals surface area contributed by atoms with Crippen LogP contribution in [-0.4, -0.2) is 110 Å². The minimum atomic E-state index is -1.69. The van der Waals surface area contributed by atoms with Crippen LogP contribution in [0.4, 0.5) is 0 Å². The number of aliphatic hydroxyl groups is 7. The number of rotatable bonds is 5. The highest BCUT2D eigenvalue weighted by Crippen LogP contribution is 2.28. The lowest BCUT2D eigenvalue weighted by molar-refractivity contribution is -0.342. The zero-order chi connectivity index (χ0) is 18.0. The van der Waals surface area contributed by atoms with Crippen molar-refractivity contribution >= 4 is 12.8 Å². The highest BCUT2D eigenvalue weighted by molar-refractivity contribution is 7.78. The van der Waals surface area contributed by atoms with E-state index >= 15 is 0 Å². The molecule has 0 aromatic rings. The van der Waals surface area contributed by atoms with Crippen LogP contribution in [0.1, 0.15) is 0 Å². The summed E-state index contributed by atoms with van der Waals surface area (Å²) in [4.78, 5) is 0. The fourth-order valence-electron chi connectivity index (χ4n) is 2.70. The third-order valence-electron chi connectivity index (χ3n) is 4.13. The van der Waals surface area contributed by atoms with Crippen LogP contribution in [0.25, 0.3) is 0 Å². The molecule has 0 bridgehead atoms. The van der Waals surface area contributed by atoms with E-state index in [9.17, 15) is 30.6 Å². The second-order valence-electron chi connectivity index (χ2n) is 5.69. The van der Waals surface area contributed by atoms with E-state index < -0.39 is 74.6 Å². The van der Waals surface area contributed by atoms with E-state index in [0.29, 0.717) is 0 Å². The predicted octanol–water partition coefficient (Wildman–Crippen LogP) is -4.96. The van der Waals surface area contributed by atoms with Gasteiger partial charge in [-0.1, -0.05) is 12.8 Å². The first-order chi connectivity index (χ1) is 11.3. The Labute approximate surface area is 142 Å². The van der Waals surface area contributed by atoms with Gasteiger partial charge in [-0.3, -0.25) is 0 Å². The summed E-state index contributed by atoms with van der Waals surface area (Å²) < 4.78 is 18.1. The van der Waals surface area contributed by atoms with Gasteiger partial charge in [-0.15, -0.1) is 0 Å². The minimum Gasteiger partial charge on any atom is -0.394 e. The first kappa shape index (κ1) is 20.2. The van der Waals surface area contributed by atoms with E-state index in [4.69, 9.17) is 19.3 Å². The van der Waals surface area contributed by atoms with Gasteiger partial charge in [0, 0.05) is 0 Å². The predicted molar refractivity (Wildman–Crippen MR) is 78.5 cm³/mol. The molecule has 10 atom stereocenters. The molecule has 2 aliphatic rings. The molecule has 2 fully saturated rings. The Kier molecular flexibility index (Phi) is 7.19. The lowest BCUT2D eigenvalue weighted by Crippen LogP contribution is -2.65. The highest BCUT2D eigenvalue weighted by Gasteiger charge is 2.50. The largest absolute Gasteiger partial charge is 0.394 e. The van der Waals surface area contributed by atoms with Crippen LogP contribution in [-0.2, 0) is 14.2 Å². The number of aliphatic hydroxyl groups excluding tert-OH is 7. The van der Waals surface area contributed by atoms with Crippen molar-refractivity contribution < 1.29 is 50.0 Å². The molecule has 2 aliphatic heterocycles. The van der Waals surface area contributed by atoms with Crippen molar-refractivity contribution in [2.24, 2.45) is 0 Å². The fourth-order valence-corrected chi connectivity index (χ4v) is 2.91. The molecule has 2 rings (SSSR count). The molecule has 12 heteroatoms. The Morgan fingerprint density at radius 2 is 1.42 bits per heavy atom. The van der Waals surface area contributed by atoms with Gasteiger partial charge in [-0.25, -0.2) is 4.72 Å². The van der Waals surface area contributed by atoms with E-state index in [1.54, 1.807) is 0 Å². The van der Waals surface area contributed by atoms with Gasteiger partial charge in [0.1, 0.15) is 55.1 Å². The molecule has 142 valence electrons. The molecule has 11 nitrogen and oxygen atoms in total. The van der Waals surface area contributed by atoms with Crippen LogP contribution in [0.15, 0.2) is 0 Å². The maximum Gasteiger partial charge on any atom is 0.187 e. The molecular formula is C12H23NO10S. The van der Waals surface area contributed by atoms with Crippen molar-refractivity contribution in [1.29, 1.82) is 0 Å². The monoisotopic (exact) mass is 373 g/mol. The Bertz CT molecular complexity index is 402. The summed E-state index contributed by atoms with van der Waals surface area (Å²) in [5.74, 6) is 0. The number of hydrogen-bond acceptors (Lipinski definition) is 12. The second-order valence-corrected chi connectivity index (χ2v) is 5.94. The number of nitrogens with one attached hydrogen (secondary N) is 1. The maximum atomic E-state index is 10.2. The Morgan fingerprint density at radius 1 is 0.792 bits per heavy atom. The van der Waals surface area contributed by atoms with Crippen LogP contribution >= 0.6 is 12.8 Å². The van der Waals surface area contributed by atoms with Crippen molar-refractivity contribution in [2.45, 2.75) is 61.3 Å². The first-order valence-corrected chi connectivity index (χ1v) is 7.78. The van der Waals surface area contributed by atoms with Gasteiger partial charge in [0.15, 0.2) is 6.29 Å². The van der Waals surface area contributed by atoms with Gasteiger partial charge < -0.3 is 50.0 Å². The SMILES string of the molecule is OCC1OC(OC2C(CO)OC(NS)C(O)C2O)C(O)C(O)C1O. The molecule has 0 aromatic carbocycles. The number of ether oxygens (including phenoxy) is 3. The van der Waals surface area contributed by atoms with Gasteiger partial charge in [0.05, 0.1) is 13.2 Å². The van der Waals surface area contributed by atoms with E-state index in [0.717, 1.165) is 0 Å². The second kappa shape index (κ2) is 8.53. The zero-order valence-corrected chi connectivity index (χ0v) is 13.4. The van der Waals surface area contributed by atoms with Crippen LogP contribution in [0.2, 0.25) is 0 Å². The van der Waals surface area contributed by atoms with E-state index in [1.165, 1.54) is 0 Å².